The quantitative estimate of drug-likeness (QED) is 0.166. The van der Waals surface area contributed by atoms with Gasteiger partial charge in [-0.1, -0.05) is 55.5 Å². The Labute approximate surface area is 266 Å². The van der Waals surface area contributed by atoms with Crippen molar-refractivity contribution in [1.82, 2.24) is 15.0 Å². The van der Waals surface area contributed by atoms with Crippen LogP contribution in [0.15, 0.2) is 89.6 Å². The van der Waals surface area contributed by atoms with E-state index in [-0.39, 0.29) is 36.6 Å². The van der Waals surface area contributed by atoms with E-state index in [1.807, 2.05) is 54.6 Å². The van der Waals surface area contributed by atoms with E-state index in [1.165, 1.54) is 6.07 Å². The van der Waals surface area contributed by atoms with Gasteiger partial charge < -0.3 is 14.4 Å². The van der Waals surface area contributed by atoms with Crippen molar-refractivity contribution in [2.75, 3.05) is 0 Å². The van der Waals surface area contributed by atoms with E-state index in [0.717, 1.165) is 43.5 Å². The monoisotopic (exact) mass is 738 g/mol. The minimum Gasteiger partial charge on any atom is -0.501 e. The predicted molar refractivity (Wildman–Crippen MR) is 166 cm³/mol. The number of hydrogen-bond donors (Lipinski definition) is 0. The maximum Gasteiger partial charge on any atom is 0.123 e. The van der Waals surface area contributed by atoms with Gasteiger partial charge in [-0.2, -0.15) is 0 Å². The van der Waals surface area contributed by atoms with Gasteiger partial charge in [-0.25, -0.2) is 4.98 Å². The summed E-state index contributed by atoms with van der Waals surface area (Å²) in [6.45, 7) is 1.19. The molecule has 0 atom stereocenters. The molecule has 6 heteroatoms. The minimum absolute atomic E-state index is 0. The van der Waals surface area contributed by atoms with Gasteiger partial charge in [0.2, 0.25) is 0 Å². The van der Waals surface area contributed by atoms with Gasteiger partial charge in [-0.3, -0.25) is 0 Å². The summed E-state index contributed by atoms with van der Waals surface area (Å²) in [5.41, 5.74) is 4.21. The second-order valence-electron chi connectivity index (χ2n) is 10.4. The molecular formula is C35H29IrN3OS-2. The molecule has 0 aliphatic rings. The zero-order chi connectivity index (χ0) is 32.9. The third-order valence-electron chi connectivity index (χ3n) is 6.39. The molecule has 7 aromatic rings. The van der Waals surface area contributed by atoms with Crippen molar-refractivity contribution >= 4 is 43.5 Å². The standard InChI is InChI=1S/C24H21N2OS.C11H8N.Ir/c1-13-9-18(25-12-14(13)2)16-8-6-7-15-17-10-21-19(11-20(17)27-22(15)16)26-23(28-21)24(3,4)5;1-2-6-10(7-3-1)11-8-4-5-9-12-11;/h6-7,9-12H,1-5H3;1-6,8-9H;/q2*-1;/i1D3,2D3;;. The van der Waals surface area contributed by atoms with Crippen molar-refractivity contribution in [3.63, 3.8) is 0 Å². The number of rotatable bonds is 2. The van der Waals surface area contributed by atoms with Crippen LogP contribution in [0.4, 0.5) is 0 Å². The van der Waals surface area contributed by atoms with Crippen LogP contribution in [0, 0.1) is 25.8 Å². The van der Waals surface area contributed by atoms with Gasteiger partial charge in [-0.05, 0) is 42.8 Å². The van der Waals surface area contributed by atoms with E-state index in [0.29, 0.717) is 22.4 Å². The molecule has 0 aliphatic heterocycles. The molecule has 0 aliphatic carbocycles. The fourth-order valence-electron chi connectivity index (χ4n) is 4.34. The molecule has 0 bridgehead atoms. The number of nitrogens with zero attached hydrogens (tertiary/aromatic N) is 3. The Morgan fingerprint density at radius 2 is 1.71 bits per heavy atom. The number of pyridine rings is 2. The summed E-state index contributed by atoms with van der Waals surface area (Å²) < 4.78 is 53.9. The van der Waals surface area contributed by atoms with Gasteiger partial charge in [0.15, 0.2) is 0 Å². The summed E-state index contributed by atoms with van der Waals surface area (Å²) in [6, 6.07) is 28.8. The Hall–Kier alpha value is -3.70. The van der Waals surface area contributed by atoms with Crippen molar-refractivity contribution < 1.29 is 32.7 Å². The number of aromatic nitrogens is 3. The third kappa shape index (κ3) is 5.87. The summed E-state index contributed by atoms with van der Waals surface area (Å²) in [5.74, 6) is 0. The Bertz CT molecular complexity index is 2130. The smallest absolute Gasteiger partial charge is 0.123 e. The SMILES string of the molecule is [2H]C([2H])([2H])c1cnc(-c2[c-]ccc3c2oc2cc4nc(C(C)(C)C)sc4cc23)cc1C([2H])([2H])[2H].[Ir].[c-]1ccccc1-c1ccccn1. The van der Waals surface area contributed by atoms with Gasteiger partial charge in [0.05, 0.1) is 20.8 Å². The van der Waals surface area contributed by atoms with Crippen LogP contribution in [-0.2, 0) is 25.5 Å². The summed E-state index contributed by atoms with van der Waals surface area (Å²) in [5, 5.41) is 2.80. The van der Waals surface area contributed by atoms with Gasteiger partial charge in [-0.15, -0.1) is 65.4 Å². The average molecular weight is 738 g/mol. The summed E-state index contributed by atoms with van der Waals surface area (Å²) in [4.78, 5) is 13.3. The Kier molecular flexibility index (Phi) is 6.24. The van der Waals surface area contributed by atoms with Crippen LogP contribution in [0.2, 0.25) is 0 Å². The van der Waals surface area contributed by atoms with Crippen molar-refractivity contribution in [2.24, 2.45) is 0 Å². The zero-order valence-electron chi connectivity index (χ0n) is 28.6. The number of benzene rings is 3. The molecular weight excluding hydrogens is 703 g/mol. The van der Waals surface area contributed by atoms with Gasteiger partial charge in [0, 0.05) is 57.6 Å². The first-order chi connectivity index (χ1) is 21.7. The summed E-state index contributed by atoms with van der Waals surface area (Å²) in [6.07, 6.45) is 2.91. The van der Waals surface area contributed by atoms with Crippen LogP contribution in [0.5, 0.6) is 0 Å². The van der Waals surface area contributed by atoms with Gasteiger partial charge in [0.1, 0.15) is 5.58 Å². The van der Waals surface area contributed by atoms with Gasteiger partial charge >= 0.3 is 0 Å². The first-order valence-corrected chi connectivity index (χ1v) is 13.6. The van der Waals surface area contributed by atoms with Crippen LogP contribution in [0.25, 0.3) is 54.7 Å². The molecule has 1 radical (unpaired) electrons. The van der Waals surface area contributed by atoms with Crippen molar-refractivity contribution in [3.8, 4) is 22.5 Å². The third-order valence-corrected chi connectivity index (χ3v) is 7.84. The van der Waals surface area contributed by atoms with Crippen LogP contribution in [0.1, 0.15) is 45.1 Å². The molecule has 0 spiro atoms. The first-order valence-electron chi connectivity index (χ1n) is 15.8. The molecule has 7 rings (SSSR count). The summed E-state index contributed by atoms with van der Waals surface area (Å²) >= 11 is 1.65. The van der Waals surface area contributed by atoms with Crippen LogP contribution >= 0.6 is 11.3 Å². The molecule has 3 aromatic carbocycles. The number of hydrogen-bond acceptors (Lipinski definition) is 5. The maximum absolute atomic E-state index is 7.85. The molecule has 0 saturated carbocycles. The van der Waals surface area contributed by atoms with Crippen molar-refractivity contribution in [3.05, 3.63) is 113 Å². The van der Waals surface area contributed by atoms with E-state index < -0.39 is 13.7 Å². The minimum atomic E-state index is -2.61. The molecule has 4 nitrogen and oxygen atoms in total. The molecule has 0 amide bonds. The van der Waals surface area contributed by atoms with Crippen molar-refractivity contribution in [2.45, 2.75) is 39.9 Å². The molecule has 0 saturated heterocycles. The maximum atomic E-state index is 7.85. The van der Waals surface area contributed by atoms with Gasteiger partial charge in [0.25, 0.3) is 0 Å². The summed E-state index contributed by atoms with van der Waals surface area (Å²) in [7, 11) is 0. The number of aryl methyl sites for hydroxylation is 2. The molecule has 4 aromatic heterocycles. The second kappa shape index (κ2) is 11.7. The predicted octanol–water partition coefficient (Wildman–Crippen LogP) is 9.52. The number of thiazole rings is 1. The Morgan fingerprint density at radius 1 is 0.854 bits per heavy atom. The van der Waals surface area contributed by atoms with E-state index in [1.54, 1.807) is 23.6 Å². The largest absolute Gasteiger partial charge is 0.501 e. The molecule has 41 heavy (non-hydrogen) atoms. The first kappa shape index (κ1) is 22.0. The number of furan rings is 1. The fourth-order valence-corrected chi connectivity index (χ4v) is 5.38. The molecule has 0 unspecified atom stereocenters. The number of fused-ring (bicyclic) bond motifs is 4. The zero-order valence-corrected chi connectivity index (χ0v) is 25.8. The van der Waals surface area contributed by atoms with E-state index in [4.69, 9.17) is 17.6 Å². The Balaban J connectivity index is 0.000000280. The molecule has 4 heterocycles. The molecule has 0 fully saturated rings. The van der Waals surface area contributed by atoms with E-state index in [9.17, 15) is 0 Å². The normalized spacial score (nSPS) is 14.1. The average Bonchev–Trinajstić information content (AvgIpc) is 3.61. The van der Waals surface area contributed by atoms with Crippen LogP contribution in [-0.4, -0.2) is 15.0 Å². The van der Waals surface area contributed by atoms with Crippen LogP contribution < -0.4 is 0 Å². The fraction of sp³-hybridized carbons (Fsp3) is 0.171. The second-order valence-corrected chi connectivity index (χ2v) is 11.4. The Morgan fingerprint density at radius 3 is 2.44 bits per heavy atom. The topological polar surface area (TPSA) is 51.8 Å². The van der Waals surface area contributed by atoms with E-state index in [2.05, 4.69) is 48.9 Å². The molecule has 207 valence electrons. The van der Waals surface area contributed by atoms with Crippen LogP contribution in [0.3, 0.4) is 0 Å². The van der Waals surface area contributed by atoms with E-state index >= 15 is 0 Å². The van der Waals surface area contributed by atoms with Crippen molar-refractivity contribution in [1.29, 1.82) is 0 Å². The molecule has 0 N–H and O–H groups in total.